The zero-order valence-corrected chi connectivity index (χ0v) is 27.6. The summed E-state index contributed by atoms with van der Waals surface area (Å²) in [6.45, 7) is 9.90. The van der Waals surface area contributed by atoms with Gasteiger partial charge in [-0.05, 0) is 55.9 Å². The highest BCUT2D eigenvalue weighted by Gasteiger charge is 2.35. The number of nitrogens with zero attached hydrogens (tertiary/aromatic N) is 6. The van der Waals surface area contributed by atoms with Crippen LogP contribution in [0.3, 0.4) is 0 Å². The molecule has 2 aromatic heterocycles. The molecule has 3 N–H and O–H groups in total. The number of β-amino-alcohol motifs (C(OH)–C–C–N with tert-alkyl or cyclic N) is 1. The van der Waals surface area contributed by atoms with Crippen LogP contribution in [0, 0.1) is 19.8 Å². The van der Waals surface area contributed by atoms with Crippen molar-refractivity contribution in [2.24, 2.45) is 5.92 Å². The Hall–Kier alpha value is -4.27. The predicted octanol–water partition coefficient (Wildman–Crippen LogP) is 1.68. The molecule has 5 heterocycles. The largest absolute Gasteiger partial charge is 0.485 e. The van der Waals surface area contributed by atoms with Crippen LogP contribution in [-0.2, 0) is 29.1 Å². The SMILES string of the molecule is Cc1ncoc1COc1ccc2c(c1C)CCN(CC(O)CNC(=O)c1cc(NC3COC3)nc(N3CCN(C(=O)C4CC4)CC3)n1)C2. The van der Waals surface area contributed by atoms with Crippen molar-refractivity contribution in [1.29, 1.82) is 0 Å². The molecule has 3 fully saturated rings. The van der Waals surface area contributed by atoms with Gasteiger partial charge in [0.1, 0.15) is 23.9 Å². The molecule has 3 aromatic rings. The molecular formula is C34H44N8O6. The predicted molar refractivity (Wildman–Crippen MR) is 176 cm³/mol. The Labute approximate surface area is 279 Å². The fraction of sp³-hybridized carbons (Fsp3) is 0.559. The summed E-state index contributed by atoms with van der Waals surface area (Å²) in [4.78, 5) is 45.4. The number of anilines is 2. The number of aryl methyl sites for hydroxylation is 1. The number of hydrogen-bond donors (Lipinski definition) is 3. The van der Waals surface area contributed by atoms with Gasteiger partial charge >= 0.3 is 0 Å². The first-order valence-corrected chi connectivity index (χ1v) is 16.9. The van der Waals surface area contributed by atoms with E-state index in [0.29, 0.717) is 70.9 Å². The second kappa shape index (κ2) is 14.1. The van der Waals surface area contributed by atoms with Crippen molar-refractivity contribution in [3.8, 4) is 5.75 Å². The van der Waals surface area contributed by atoms with Crippen molar-refractivity contribution in [2.75, 3.05) is 69.2 Å². The summed E-state index contributed by atoms with van der Waals surface area (Å²) in [6, 6.07) is 5.85. The first-order valence-electron chi connectivity index (χ1n) is 16.9. The average Bonchev–Trinajstić information content (AvgIpc) is 3.85. The van der Waals surface area contributed by atoms with E-state index < -0.39 is 6.10 Å². The molecule has 14 heteroatoms. The van der Waals surface area contributed by atoms with Gasteiger partial charge in [-0.2, -0.15) is 4.98 Å². The number of oxazole rings is 1. The summed E-state index contributed by atoms with van der Waals surface area (Å²) in [5.41, 5.74) is 4.65. The molecule has 0 spiro atoms. The van der Waals surface area contributed by atoms with E-state index in [1.165, 1.54) is 17.5 Å². The number of aliphatic hydroxyl groups excluding tert-OH is 1. The quantitative estimate of drug-likeness (QED) is 0.259. The summed E-state index contributed by atoms with van der Waals surface area (Å²) in [7, 11) is 0. The van der Waals surface area contributed by atoms with Crippen LogP contribution in [0.15, 0.2) is 29.0 Å². The highest BCUT2D eigenvalue weighted by Crippen LogP contribution is 2.32. The lowest BCUT2D eigenvalue weighted by molar-refractivity contribution is -0.132. The van der Waals surface area contributed by atoms with E-state index in [1.54, 1.807) is 6.07 Å². The van der Waals surface area contributed by atoms with Gasteiger partial charge < -0.3 is 39.4 Å². The fourth-order valence-electron chi connectivity index (χ4n) is 6.47. The number of benzene rings is 1. The normalized spacial score (nSPS) is 19.0. The van der Waals surface area contributed by atoms with Crippen molar-refractivity contribution < 1.29 is 28.6 Å². The first-order chi connectivity index (χ1) is 23.3. The third kappa shape index (κ3) is 7.40. The number of hydrogen-bond acceptors (Lipinski definition) is 12. The number of fused-ring (bicyclic) bond motifs is 1. The molecule has 0 bridgehead atoms. The van der Waals surface area contributed by atoms with Crippen molar-refractivity contribution >= 4 is 23.6 Å². The maximum atomic E-state index is 13.3. The van der Waals surface area contributed by atoms with Gasteiger partial charge in [-0.25, -0.2) is 9.97 Å². The van der Waals surface area contributed by atoms with E-state index in [1.807, 2.05) is 22.8 Å². The molecule has 1 aliphatic carbocycles. The van der Waals surface area contributed by atoms with Crippen LogP contribution in [0.2, 0.25) is 0 Å². The molecule has 7 rings (SSSR count). The van der Waals surface area contributed by atoms with Crippen LogP contribution in [0.5, 0.6) is 5.75 Å². The second-order valence-corrected chi connectivity index (χ2v) is 13.2. The smallest absolute Gasteiger partial charge is 0.270 e. The van der Waals surface area contributed by atoms with Gasteiger partial charge in [0, 0.05) is 64.3 Å². The van der Waals surface area contributed by atoms with E-state index >= 15 is 0 Å². The molecule has 1 unspecified atom stereocenters. The van der Waals surface area contributed by atoms with Gasteiger partial charge in [0.15, 0.2) is 12.2 Å². The molecule has 2 amide bonds. The van der Waals surface area contributed by atoms with Gasteiger partial charge in [0.05, 0.1) is 31.1 Å². The Balaban J connectivity index is 0.932. The third-order valence-corrected chi connectivity index (χ3v) is 9.63. The molecule has 14 nitrogen and oxygen atoms in total. The molecule has 1 saturated carbocycles. The molecule has 2 saturated heterocycles. The van der Waals surface area contributed by atoms with Gasteiger partial charge in [-0.15, -0.1) is 0 Å². The van der Waals surface area contributed by atoms with Gasteiger partial charge in [-0.1, -0.05) is 6.07 Å². The molecule has 3 aliphatic heterocycles. The summed E-state index contributed by atoms with van der Waals surface area (Å²) in [5.74, 6) is 2.62. The van der Waals surface area contributed by atoms with Crippen molar-refractivity contribution in [2.45, 2.75) is 58.4 Å². The highest BCUT2D eigenvalue weighted by atomic mass is 16.5. The highest BCUT2D eigenvalue weighted by molar-refractivity contribution is 5.93. The minimum Gasteiger partial charge on any atom is -0.485 e. The summed E-state index contributed by atoms with van der Waals surface area (Å²) in [6.07, 6.45) is 3.49. The Morgan fingerprint density at radius 1 is 1.10 bits per heavy atom. The third-order valence-electron chi connectivity index (χ3n) is 9.63. The molecule has 1 atom stereocenters. The van der Waals surface area contributed by atoms with Crippen LogP contribution in [0.4, 0.5) is 11.8 Å². The number of amides is 2. The molecule has 1 aromatic carbocycles. The van der Waals surface area contributed by atoms with Crippen LogP contribution in [0.25, 0.3) is 0 Å². The molecule has 0 radical (unpaired) electrons. The number of piperazine rings is 1. The van der Waals surface area contributed by atoms with Gasteiger partial charge in [0.25, 0.3) is 5.91 Å². The Morgan fingerprint density at radius 3 is 2.62 bits per heavy atom. The molecule has 4 aliphatic rings. The maximum Gasteiger partial charge on any atom is 0.270 e. The number of ether oxygens (including phenoxy) is 2. The van der Waals surface area contributed by atoms with Crippen LogP contribution in [0.1, 0.15) is 51.5 Å². The van der Waals surface area contributed by atoms with Gasteiger partial charge in [0.2, 0.25) is 11.9 Å². The fourth-order valence-corrected chi connectivity index (χ4v) is 6.47. The summed E-state index contributed by atoms with van der Waals surface area (Å²) in [5, 5.41) is 17.1. The average molecular weight is 661 g/mol. The van der Waals surface area contributed by atoms with Crippen LogP contribution < -0.4 is 20.3 Å². The topological polar surface area (TPSA) is 158 Å². The number of carbonyl (C=O) groups excluding carboxylic acids is 2. The Morgan fingerprint density at radius 2 is 1.92 bits per heavy atom. The molecule has 256 valence electrons. The van der Waals surface area contributed by atoms with E-state index in [-0.39, 0.29) is 36.0 Å². The maximum absolute atomic E-state index is 13.3. The first kappa shape index (κ1) is 32.3. The number of aromatic nitrogens is 3. The van der Waals surface area contributed by atoms with E-state index in [2.05, 4.69) is 38.5 Å². The summed E-state index contributed by atoms with van der Waals surface area (Å²) < 4.78 is 16.7. The zero-order valence-electron chi connectivity index (χ0n) is 27.6. The minimum atomic E-state index is -0.757. The minimum absolute atomic E-state index is 0.0928. The number of nitrogens with one attached hydrogen (secondary N) is 2. The number of carbonyl (C=O) groups is 2. The number of aliphatic hydroxyl groups is 1. The molecule has 48 heavy (non-hydrogen) atoms. The molecular weight excluding hydrogens is 616 g/mol. The van der Waals surface area contributed by atoms with Crippen LogP contribution in [-0.4, -0.2) is 113 Å². The van der Waals surface area contributed by atoms with E-state index in [0.717, 1.165) is 48.6 Å². The zero-order chi connectivity index (χ0) is 33.2. The number of rotatable bonds is 12. The second-order valence-electron chi connectivity index (χ2n) is 13.2. The lowest BCUT2D eigenvalue weighted by Crippen LogP contribution is -2.50. The van der Waals surface area contributed by atoms with Crippen molar-refractivity contribution in [3.63, 3.8) is 0 Å². The van der Waals surface area contributed by atoms with E-state index in [4.69, 9.17) is 18.9 Å². The Kier molecular flexibility index (Phi) is 9.46. The Bertz CT molecular complexity index is 1630. The van der Waals surface area contributed by atoms with Gasteiger partial charge in [-0.3, -0.25) is 14.5 Å². The summed E-state index contributed by atoms with van der Waals surface area (Å²) >= 11 is 0. The monoisotopic (exact) mass is 660 g/mol. The van der Waals surface area contributed by atoms with Crippen LogP contribution >= 0.6 is 0 Å². The standard InChI is InChI=1S/C34H44N8O6/c1-21-27-7-8-40(15-24(27)5-6-29(21)47-19-30-22(2)36-20-48-30)16-26(43)14-35-32(44)28-13-31(37-25-17-46-18-25)39-34(38-28)42-11-9-41(10-12-42)33(45)23-3-4-23/h5-6,13,20,23,25-26,43H,3-4,7-12,14-19H2,1-2H3,(H,35,44)(H,37,38,39). The lowest BCUT2D eigenvalue weighted by Gasteiger charge is -2.35. The lowest BCUT2D eigenvalue weighted by atomic mass is 9.94. The van der Waals surface area contributed by atoms with Crippen molar-refractivity contribution in [3.05, 3.63) is 58.4 Å². The van der Waals surface area contributed by atoms with E-state index in [9.17, 15) is 14.7 Å². The van der Waals surface area contributed by atoms with Crippen molar-refractivity contribution in [1.82, 2.24) is 30.1 Å².